The largest absolute Gasteiger partial charge is 0.474 e. The van der Waals surface area contributed by atoms with Crippen LogP contribution in [-0.4, -0.2) is 46.8 Å². The van der Waals surface area contributed by atoms with Gasteiger partial charge in [-0.15, -0.1) is 10.2 Å². The number of aryl methyl sites for hydroxylation is 2. The van der Waals surface area contributed by atoms with Crippen molar-refractivity contribution in [1.82, 2.24) is 20.4 Å². The van der Waals surface area contributed by atoms with Gasteiger partial charge in [0.25, 0.3) is 0 Å². The molecule has 0 aliphatic carbocycles. The van der Waals surface area contributed by atoms with Gasteiger partial charge in [-0.25, -0.2) is 0 Å². The first-order valence-corrected chi connectivity index (χ1v) is 9.78. The second-order valence-electron chi connectivity index (χ2n) is 6.65. The topological polar surface area (TPSA) is 88.5 Å². The van der Waals surface area contributed by atoms with Crippen molar-refractivity contribution >= 4 is 0 Å². The van der Waals surface area contributed by atoms with Gasteiger partial charge in [0.1, 0.15) is 13.2 Å². The van der Waals surface area contributed by atoms with Gasteiger partial charge >= 0.3 is 0 Å². The van der Waals surface area contributed by atoms with Crippen LogP contribution in [0.3, 0.4) is 0 Å². The van der Waals surface area contributed by atoms with Crippen LogP contribution in [0, 0.1) is 13.8 Å². The Morgan fingerprint density at radius 1 is 0.600 bits per heavy atom. The van der Waals surface area contributed by atoms with Crippen molar-refractivity contribution in [1.29, 1.82) is 0 Å². The monoisotopic (exact) mass is 410 g/mol. The van der Waals surface area contributed by atoms with Crippen LogP contribution >= 0.6 is 0 Å². The Bertz CT molecular complexity index is 818. The molecule has 0 radical (unpaired) electrons. The molecule has 8 heteroatoms. The van der Waals surface area contributed by atoms with Crippen LogP contribution in [-0.2, 0) is 22.7 Å². The quantitative estimate of drug-likeness (QED) is 0.421. The van der Waals surface area contributed by atoms with E-state index in [9.17, 15) is 0 Å². The minimum absolute atomic E-state index is 0.423. The predicted octanol–water partition coefficient (Wildman–Crippen LogP) is 3.07. The highest BCUT2D eigenvalue weighted by atomic mass is 16.5. The molecule has 0 aliphatic rings. The minimum atomic E-state index is 0.423. The van der Waals surface area contributed by atoms with Gasteiger partial charge in [0, 0.05) is 12.1 Å². The molecule has 0 unspecified atom stereocenters. The number of rotatable bonds is 12. The van der Waals surface area contributed by atoms with E-state index in [1.807, 2.05) is 44.2 Å². The highest BCUT2D eigenvalue weighted by molar-refractivity contribution is 5.22. The molecule has 0 fully saturated rings. The molecule has 3 rings (SSSR count). The maximum atomic E-state index is 5.67. The third-order valence-electron chi connectivity index (χ3n) is 4.03. The Kier molecular flexibility index (Phi) is 8.49. The zero-order valence-corrected chi connectivity index (χ0v) is 17.3. The first kappa shape index (κ1) is 21.6. The molecule has 0 saturated carbocycles. The average molecular weight is 410 g/mol. The number of hydrogen-bond acceptors (Lipinski definition) is 8. The molecule has 0 saturated heterocycles. The maximum Gasteiger partial charge on any atom is 0.233 e. The lowest BCUT2D eigenvalue weighted by molar-refractivity contribution is 0.0841. The molecule has 0 amide bonds. The summed E-state index contributed by atoms with van der Waals surface area (Å²) in [6.07, 6.45) is 0. The van der Waals surface area contributed by atoms with Gasteiger partial charge in [-0.3, -0.25) is 0 Å². The summed E-state index contributed by atoms with van der Waals surface area (Å²) in [7, 11) is 0. The fourth-order valence-electron chi connectivity index (χ4n) is 2.53. The number of aromatic nitrogens is 4. The van der Waals surface area contributed by atoms with E-state index < -0.39 is 0 Å². The molecule has 0 atom stereocenters. The molecule has 0 aliphatic heterocycles. The molecule has 1 aromatic carbocycles. The van der Waals surface area contributed by atoms with E-state index in [2.05, 4.69) is 26.5 Å². The molecule has 2 aromatic heterocycles. The Hall–Kier alpha value is -3.10. The summed E-state index contributed by atoms with van der Waals surface area (Å²) in [5.41, 5.74) is 3.88. The van der Waals surface area contributed by atoms with Crippen molar-refractivity contribution in [3.63, 3.8) is 0 Å². The predicted molar refractivity (Wildman–Crippen MR) is 110 cm³/mol. The summed E-state index contributed by atoms with van der Waals surface area (Å²) >= 11 is 0. The van der Waals surface area contributed by atoms with Crippen molar-refractivity contribution in [2.24, 2.45) is 0 Å². The van der Waals surface area contributed by atoms with Gasteiger partial charge in [0.05, 0.1) is 37.8 Å². The Labute approximate surface area is 176 Å². The van der Waals surface area contributed by atoms with Gasteiger partial charge in [-0.05, 0) is 37.1 Å². The van der Waals surface area contributed by atoms with E-state index in [-0.39, 0.29) is 0 Å². The lowest BCUT2D eigenvalue weighted by atomic mass is 10.1. The fourth-order valence-corrected chi connectivity index (χ4v) is 2.53. The second-order valence-corrected chi connectivity index (χ2v) is 6.65. The highest BCUT2D eigenvalue weighted by Crippen LogP contribution is 2.09. The van der Waals surface area contributed by atoms with Gasteiger partial charge in [0.15, 0.2) is 0 Å². The van der Waals surface area contributed by atoms with E-state index >= 15 is 0 Å². The molecule has 0 spiro atoms. The van der Waals surface area contributed by atoms with E-state index in [4.69, 9.17) is 18.9 Å². The average Bonchev–Trinajstić information content (AvgIpc) is 2.76. The number of ether oxygens (including phenoxy) is 4. The standard InChI is InChI=1S/C22H26N4O4/c1-17-6-8-21(25-23-17)29-12-10-27-15-19-4-3-5-20(14-19)16-28-11-13-30-22-9-7-18(2)24-26-22/h3-9,14H,10-13,15-16H2,1-2H3. The summed E-state index contributed by atoms with van der Waals surface area (Å²) in [5.74, 6) is 1.00. The molecule has 0 N–H and O–H groups in total. The number of hydrogen-bond donors (Lipinski definition) is 0. The van der Waals surface area contributed by atoms with Crippen molar-refractivity contribution in [2.45, 2.75) is 27.1 Å². The Morgan fingerprint density at radius 3 is 1.53 bits per heavy atom. The molecular formula is C22H26N4O4. The van der Waals surface area contributed by atoms with Gasteiger partial charge in [-0.2, -0.15) is 10.2 Å². The first-order chi connectivity index (χ1) is 14.7. The Balaban J connectivity index is 1.29. The molecule has 8 nitrogen and oxygen atoms in total. The third kappa shape index (κ3) is 7.73. The summed E-state index contributed by atoms with van der Waals surface area (Å²) in [5, 5.41) is 15.8. The maximum absolute atomic E-state index is 5.67. The van der Waals surface area contributed by atoms with Gasteiger partial charge in [0.2, 0.25) is 11.8 Å². The zero-order chi connectivity index (χ0) is 21.0. The molecule has 2 heterocycles. The zero-order valence-electron chi connectivity index (χ0n) is 17.3. The Morgan fingerprint density at radius 2 is 1.10 bits per heavy atom. The summed E-state index contributed by atoms with van der Waals surface area (Å²) < 4.78 is 22.3. The van der Waals surface area contributed by atoms with Crippen LogP contribution in [0.25, 0.3) is 0 Å². The molecule has 0 bridgehead atoms. The molecular weight excluding hydrogens is 384 g/mol. The normalized spacial score (nSPS) is 10.7. The third-order valence-corrected chi connectivity index (χ3v) is 4.03. The van der Waals surface area contributed by atoms with E-state index in [0.29, 0.717) is 51.4 Å². The van der Waals surface area contributed by atoms with Crippen LogP contribution in [0.4, 0.5) is 0 Å². The lowest BCUT2D eigenvalue weighted by Gasteiger charge is -2.09. The fraction of sp³-hybridized carbons (Fsp3) is 0.364. The summed E-state index contributed by atoms with van der Waals surface area (Å²) in [6, 6.07) is 15.4. The van der Waals surface area contributed by atoms with Gasteiger partial charge in [-0.1, -0.05) is 24.3 Å². The molecule has 158 valence electrons. The van der Waals surface area contributed by atoms with Crippen molar-refractivity contribution in [3.05, 3.63) is 71.0 Å². The lowest BCUT2D eigenvalue weighted by Crippen LogP contribution is -2.09. The number of benzene rings is 1. The van der Waals surface area contributed by atoms with Crippen LogP contribution in [0.2, 0.25) is 0 Å². The van der Waals surface area contributed by atoms with Crippen molar-refractivity contribution < 1.29 is 18.9 Å². The summed E-state index contributed by atoms with van der Waals surface area (Å²) in [6.45, 7) is 6.56. The number of nitrogens with zero attached hydrogens (tertiary/aromatic N) is 4. The van der Waals surface area contributed by atoms with Crippen LogP contribution in [0.15, 0.2) is 48.5 Å². The van der Waals surface area contributed by atoms with Crippen LogP contribution in [0.1, 0.15) is 22.5 Å². The van der Waals surface area contributed by atoms with Crippen LogP contribution in [0.5, 0.6) is 11.8 Å². The molecule has 3 aromatic rings. The first-order valence-electron chi connectivity index (χ1n) is 9.78. The van der Waals surface area contributed by atoms with E-state index in [1.165, 1.54) is 0 Å². The second kappa shape index (κ2) is 11.8. The van der Waals surface area contributed by atoms with Gasteiger partial charge < -0.3 is 18.9 Å². The molecule has 30 heavy (non-hydrogen) atoms. The van der Waals surface area contributed by atoms with E-state index in [0.717, 1.165) is 22.5 Å². The minimum Gasteiger partial charge on any atom is -0.474 e. The summed E-state index contributed by atoms with van der Waals surface area (Å²) in [4.78, 5) is 0. The van der Waals surface area contributed by atoms with Crippen molar-refractivity contribution in [2.75, 3.05) is 26.4 Å². The van der Waals surface area contributed by atoms with Crippen LogP contribution < -0.4 is 9.47 Å². The highest BCUT2D eigenvalue weighted by Gasteiger charge is 2.00. The SMILES string of the molecule is Cc1ccc(OCCOCc2cccc(COCCOc3ccc(C)nn3)c2)nn1. The van der Waals surface area contributed by atoms with Crippen molar-refractivity contribution in [3.8, 4) is 11.8 Å². The smallest absolute Gasteiger partial charge is 0.233 e. The van der Waals surface area contributed by atoms with E-state index in [1.54, 1.807) is 12.1 Å².